The molecule has 0 bridgehead atoms. The Morgan fingerprint density at radius 2 is 1.59 bits per heavy atom. The van der Waals surface area contributed by atoms with Crippen molar-refractivity contribution >= 4 is 22.4 Å². The van der Waals surface area contributed by atoms with Crippen LogP contribution < -0.4 is 10.1 Å². The van der Waals surface area contributed by atoms with Gasteiger partial charge in [-0.05, 0) is 67.2 Å². The first-order chi connectivity index (χ1) is 16.7. The number of nitrogens with one attached hydrogen (secondary N) is 1. The number of para-hydroxylation sites is 1. The molecule has 5 nitrogen and oxygen atoms in total. The Hall–Kier alpha value is -3.83. The second-order valence-electron chi connectivity index (χ2n) is 8.70. The first kappa shape index (κ1) is 22.0. The van der Waals surface area contributed by atoms with Crippen molar-refractivity contribution in [3.05, 3.63) is 84.9 Å². The average molecular weight is 453 g/mol. The molecule has 0 saturated carbocycles. The average Bonchev–Trinajstić information content (AvgIpc) is 2.86. The summed E-state index contributed by atoms with van der Waals surface area (Å²) in [6.45, 7) is 2.29. The minimum absolute atomic E-state index is 0.0390. The Kier molecular flexibility index (Phi) is 6.45. The van der Waals surface area contributed by atoms with E-state index in [0.29, 0.717) is 23.7 Å². The van der Waals surface area contributed by atoms with Gasteiger partial charge in [-0.2, -0.15) is 0 Å². The van der Waals surface area contributed by atoms with Crippen LogP contribution in [0.15, 0.2) is 84.9 Å². The lowest BCUT2D eigenvalue weighted by atomic mass is 9.97. The zero-order valence-electron chi connectivity index (χ0n) is 19.0. The number of amides is 1. The molecule has 172 valence electrons. The van der Waals surface area contributed by atoms with E-state index in [0.717, 1.165) is 47.8 Å². The third-order valence-corrected chi connectivity index (χ3v) is 6.21. The number of likely N-dealkylation sites (tertiary alicyclic amines) is 1. The second-order valence-corrected chi connectivity index (χ2v) is 8.70. The van der Waals surface area contributed by atoms with Gasteiger partial charge in [0.25, 0.3) is 0 Å². The van der Waals surface area contributed by atoms with E-state index < -0.39 is 0 Å². The van der Waals surface area contributed by atoms with Gasteiger partial charge >= 0.3 is 0 Å². The first-order valence-corrected chi connectivity index (χ1v) is 11.8. The molecule has 0 spiro atoms. The van der Waals surface area contributed by atoms with Crippen LogP contribution in [0.5, 0.6) is 17.2 Å². The van der Waals surface area contributed by atoms with E-state index in [-0.39, 0.29) is 11.7 Å². The molecule has 1 aliphatic rings. The molecule has 0 radical (unpaired) electrons. The summed E-state index contributed by atoms with van der Waals surface area (Å²) in [6, 6.07) is 26.6. The van der Waals surface area contributed by atoms with Gasteiger partial charge in [0.05, 0.1) is 12.2 Å². The summed E-state index contributed by atoms with van der Waals surface area (Å²) in [5.41, 5.74) is 2.33. The topological polar surface area (TPSA) is 61.8 Å². The van der Waals surface area contributed by atoms with Crippen molar-refractivity contribution in [2.75, 3.05) is 25.0 Å². The molecule has 1 saturated heterocycles. The van der Waals surface area contributed by atoms with Gasteiger partial charge in [-0.3, -0.25) is 9.69 Å². The number of nitrogens with zero attached hydrogens (tertiary/aromatic N) is 1. The summed E-state index contributed by atoms with van der Waals surface area (Å²) in [6.07, 6.45) is 3.50. The van der Waals surface area contributed by atoms with Gasteiger partial charge < -0.3 is 15.2 Å². The van der Waals surface area contributed by atoms with E-state index in [1.165, 1.54) is 6.42 Å². The van der Waals surface area contributed by atoms with Gasteiger partial charge in [0, 0.05) is 10.9 Å². The number of carbonyl (C=O) groups is 1. The van der Waals surface area contributed by atoms with E-state index in [4.69, 9.17) is 4.74 Å². The fourth-order valence-corrected chi connectivity index (χ4v) is 4.55. The van der Waals surface area contributed by atoms with Gasteiger partial charge in [-0.25, -0.2) is 0 Å². The molecule has 5 rings (SSSR count). The second kappa shape index (κ2) is 9.98. The first-order valence-electron chi connectivity index (χ1n) is 11.8. The summed E-state index contributed by atoms with van der Waals surface area (Å²) in [4.78, 5) is 15.3. The van der Waals surface area contributed by atoms with Crippen molar-refractivity contribution in [2.24, 2.45) is 0 Å². The Morgan fingerprint density at radius 3 is 2.35 bits per heavy atom. The fourth-order valence-electron chi connectivity index (χ4n) is 4.55. The van der Waals surface area contributed by atoms with Crippen molar-refractivity contribution in [3.8, 4) is 28.4 Å². The van der Waals surface area contributed by atoms with E-state index >= 15 is 0 Å². The number of phenols is 1. The third-order valence-electron chi connectivity index (χ3n) is 6.21. The smallest absolute Gasteiger partial charge is 0.238 e. The number of piperidine rings is 1. The van der Waals surface area contributed by atoms with Crippen LogP contribution in [0.2, 0.25) is 0 Å². The Morgan fingerprint density at radius 1 is 0.882 bits per heavy atom. The molecule has 0 aliphatic carbocycles. The van der Waals surface area contributed by atoms with E-state index in [9.17, 15) is 9.90 Å². The standard InChI is InChI=1S/C29H28N2O3/c32-23-15-13-21(14-16-23)28-26(30-27(33)20-31-17-7-2-8-18-31)19-22-9-5-6-12-25(22)29(28)34-24-10-3-1-4-11-24/h1,3-6,9-16,19,32H,2,7-8,17-18,20H2,(H,30,33). The van der Waals surface area contributed by atoms with Crippen LogP contribution in [0.3, 0.4) is 0 Å². The van der Waals surface area contributed by atoms with Crippen LogP contribution in [0.25, 0.3) is 21.9 Å². The number of carbonyl (C=O) groups excluding carboxylic acids is 1. The maximum Gasteiger partial charge on any atom is 0.238 e. The van der Waals surface area contributed by atoms with Gasteiger partial charge in [0.1, 0.15) is 17.2 Å². The molecular weight excluding hydrogens is 424 g/mol. The number of aromatic hydroxyl groups is 1. The highest BCUT2D eigenvalue weighted by Crippen LogP contribution is 2.45. The van der Waals surface area contributed by atoms with Crippen LogP contribution in [0.1, 0.15) is 19.3 Å². The van der Waals surface area contributed by atoms with Crippen LogP contribution in [0, 0.1) is 0 Å². The zero-order chi connectivity index (χ0) is 23.3. The number of rotatable bonds is 6. The lowest BCUT2D eigenvalue weighted by molar-refractivity contribution is -0.117. The number of anilines is 1. The molecule has 0 atom stereocenters. The third kappa shape index (κ3) is 4.90. The predicted octanol–water partition coefficient (Wildman–Crippen LogP) is 6.43. The Bertz CT molecular complexity index is 1280. The van der Waals surface area contributed by atoms with Gasteiger partial charge in [-0.15, -0.1) is 0 Å². The normalized spacial score (nSPS) is 14.1. The Balaban J connectivity index is 1.61. The highest BCUT2D eigenvalue weighted by molar-refractivity contribution is 6.06. The predicted molar refractivity (Wildman–Crippen MR) is 136 cm³/mol. The maximum atomic E-state index is 13.1. The molecule has 0 aromatic heterocycles. The lowest BCUT2D eigenvalue weighted by Crippen LogP contribution is -2.36. The van der Waals surface area contributed by atoms with Gasteiger partial charge in [0.15, 0.2) is 0 Å². The molecule has 34 heavy (non-hydrogen) atoms. The molecule has 4 aromatic rings. The van der Waals surface area contributed by atoms with Gasteiger partial charge in [-0.1, -0.05) is 61.0 Å². The van der Waals surface area contributed by atoms with Crippen molar-refractivity contribution in [2.45, 2.75) is 19.3 Å². The number of ether oxygens (including phenoxy) is 1. The molecular formula is C29H28N2O3. The minimum atomic E-state index is -0.0390. The highest BCUT2D eigenvalue weighted by Gasteiger charge is 2.20. The van der Waals surface area contributed by atoms with Crippen LogP contribution in [0.4, 0.5) is 5.69 Å². The zero-order valence-corrected chi connectivity index (χ0v) is 19.0. The fraction of sp³-hybridized carbons (Fsp3) is 0.207. The number of benzene rings is 4. The van der Waals surface area contributed by atoms with Crippen molar-refractivity contribution in [1.82, 2.24) is 4.90 Å². The monoisotopic (exact) mass is 452 g/mol. The minimum Gasteiger partial charge on any atom is -0.508 e. The van der Waals surface area contributed by atoms with Crippen molar-refractivity contribution < 1.29 is 14.6 Å². The lowest BCUT2D eigenvalue weighted by Gasteiger charge is -2.26. The summed E-state index contributed by atoms with van der Waals surface area (Å²) in [5, 5.41) is 15.0. The van der Waals surface area contributed by atoms with Crippen LogP contribution in [-0.2, 0) is 4.79 Å². The van der Waals surface area contributed by atoms with Crippen molar-refractivity contribution in [3.63, 3.8) is 0 Å². The molecule has 1 heterocycles. The number of hydrogen-bond donors (Lipinski definition) is 2. The van der Waals surface area contributed by atoms with Gasteiger partial charge in [0.2, 0.25) is 5.91 Å². The number of fused-ring (bicyclic) bond motifs is 1. The summed E-state index contributed by atoms with van der Waals surface area (Å²) in [5.74, 6) is 1.53. The molecule has 2 N–H and O–H groups in total. The SMILES string of the molecule is O=C(CN1CCCCC1)Nc1cc2ccccc2c(Oc2ccccc2)c1-c1ccc(O)cc1. The molecule has 0 unspecified atom stereocenters. The quantitative estimate of drug-likeness (QED) is 0.354. The molecule has 4 aromatic carbocycles. The van der Waals surface area contributed by atoms with E-state index in [2.05, 4.69) is 10.2 Å². The molecule has 5 heteroatoms. The van der Waals surface area contributed by atoms with Crippen molar-refractivity contribution in [1.29, 1.82) is 0 Å². The summed E-state index contributed by atoms with van der Waals surface area (Å²) >= 11 is 0. The maximum absolute atomic E-state index is 13.1. The largest absolute Gasteiger partial charge is 0.508 e. The summed E-state index contributed by atoms with van der Waals surface area (Å²) in [7, 11) is 0. The number of hydrogen-bond acceptors (Lipinski definition) is 4. The molecule has 1 amide bonds. The molecule has 1 aliphatic heterocycles. The van der Waals surface area contributed by atoms with Crippen LogP contribution >= 0.6 is 0 Å². The van der Waals surface area contributed by atoms with E-state index in [1.54, 1.807) is 12.1 Å². The van der Waals surface area contributed by atoms with E-state index in [1.807, 2.05) is 72.8 Å². The molecule has 1 fully saturated rings. The highest BCUT2D eigenvalue weighted by atomic mass is 16.5. The van der Waals surface area contributed by atoms with Crippen LogP contribution in [-0.4, -0.2) is 35.5 Å². The summed E-state index contributed by atoms with van der Waals surface area (Å²) < 4.78 is 6.46. The Labute approximate surface area is 199 Å². The number of phenolic OH excluding ortho intramolecular Hbond substituents is 1.